The molecule has 1 unspecified atom stereocenters. The molecule has 0 aliphatic rings. The van der Waals surface area contributed by atoms with Crippen LogP contribution in [-0.4, -0.2) is 71.4 Å². The van der Waals surface area contributed by atoms with Gasteiger partial charge < -0.3 is 30.5 Å². The molecular weight excluding hydrogens is 591 g/mol. The van der Waals surface area contributed by atoms with E-state index in [1.807, 2.05) is 31.2 Å². The number of phosphoric ester groups is 1. The van der Waals surface area contributed by atoms with Crippen LogP contribution < -0.4 is 15.4 Å². The van der Waals surface area contributed by atoms with E-state index in [0.29, 0.717) is 19.4 Å². The molecule has 2 amide bonds. The number of carbonyl (C=O) groups excluding carboxylic acids is 2. The SMILES string of the molecule is CCCCCCCCCCCOc1cccc(CCC(=O)NC[C@@H](O)COP(=O)(O)OC[C@H](NC(=O)CCCC)C(=O)O)c1. The number of benzene rings is 1. The molecule has 0 saturated carbocycles. The normalized spacial score (nSPS) is 13.9. The van der Waals surface area contributed by atoms with Crippen molar-refractivity contribution < 1.29 is 47.8 Å². The van der Waals surface area contributed by atoms with Crippen LogP contribution in [0.4, 0.5) is 0 Å². The summed E-state index contributed by atoms with van der Waals surface area (Å²) < 4.78 is 27.3. The van der Waals surface area contributed by atoms with Gasteiger partial charge in [0.25, 0.3) is 0 Å². The number of aliphatic carboxylic acids is 1. The minimum Gasteiger partial charge on any atom is -0.494 e. The number of aliphatic hydroxyl groups is 1. The molecule has 0 saturated heterocycles. The molecular formula is C31H53N2O10P. The third kappa shape index (κ3) is 20.5. The fourth-order valence-corrected chi connectivity index (χ4v) is 4.97. The van der Waals surface area contributed by atoms with Crippen LogP contribution in [0.15, 0.2) is 24.3 Å². The van der Waals surface area contributed by atoms with Gasteiger partial charge in [-0.3, -0.25) is 18.6 Å². The molecule has 0 spiro atoms. The molecule has 0 aliphatic heterocycles. The van der Waals surface area contributed by atoms with Crippen molar-refractivity contribution in [1.29, 1.82) is 0 Å². The van der Waals surface area contributed by atoms with Crippen molar-refractivity contribution in [2.45, 2.75) is 116 Å². The first-order valence-electron chi connectivity index (χ1n) is 15.9. The molecule has 5 N–H and O–H groups in total. The molecule has 0 aliphatic carbocycles. The number of carbonyl (C=O) groups is 3. The van der Waals surface area contributed by atoms with Gasteiger partial charge in [0.1, 0.15) is 5.75 Å². The molecule has 12 nitrogen and oxygen atoms in total. The van der Waals surface area contributed by atoms with Gasteiger partial charge in [-0.05, 0) is 37.0 Å². The number of carboxylic acid groups (broad SMARTS) is 1. The standard InChI is InChI=1S/C31H53N2O10P/c1-3-5-7-8-9-10-11-12-13-20-41-27-16-14-15-25(21-27)18-19-29(35)32-22-26(34)23-42-44(39,40)43-24-28(31(37)38)33-30(36)17-6-4-2/h14-16,21,26,28,34H,3-13,17-20,22-24H2,1-2H3,(H,32,35)(H,33,36)(H,37,38)(H,39,40)/t26-,28+/m1/s1. The molecule has 0 aromatic heterocycles. The smallest absolute Gasteiger partial charge is 0.472 e. The molecule has 1 aromatic rings. The van der Waals surface area contributed by atoms with Gasteiger partial charge in [0.2, 0.25) is 11.8 Å². The Hall–Kier alpha value is -2.50. The molecule has 13 heteroatoms. The van der Waals surface area contributed by atoms with E-state index in [0.717, 1.165) is 30.6 Å². The Kier molecular flexibility index (Phi) is 21.4. The zero-order valence-electron chi connectivity index (χ0n) is 26.3. The van der Waals surface area contributed by atoms with Crippen LogP contribution in [0.25, 0.3) is 0 Å². The summed E-state index contributed by atoms with van der Waals surface area (Å²) in [6.07, 6.45) is 12.0. The topological polar surface area (TPSA) is 181 Å². The zero-order valence-corrected chi connectivity index (χ0v) is 27.2. The number of hydrogen-bond donors (Lipinski definition) is 5. The number of phosphoric acid groups is 1. The molecule has 0 fully saturated rings. The lowest BCUT2D eigenvalue weighted by molar-refractivity contribution is -0.142. The van der Waals surface area contributed by atoms with E-state index in [1.54, 1.807) is 0 Å². The van der Waals surface area contributed by atoms with Gasteiger partial charge in [-0.1, -0.05) is 83.8 Å². The predicted molar refractivity (Wildman–Crippen MR) is 167 cm³/mol. The van der Waals surface area contributed by atoms with E-state index in [9.17, 15) is 34.1 Å². The molecule has 0 bridgehead atoms. The van der Waals surface area contributed by atoms with Gasteiger partial charge in [-0.25, -0.2) is 9.36 Å². The maximum absolute atomic E-state index is 12.3. The summed E-state index contributed by atoms with van der Waals surface area (Å²) in [6.45, 7) is 3.07. The molecule has 3 atom stereocenters. The highest BCUT2D eigenvalue weighted by Crippen LogP contribution is 2.43. The lowest BCUT2D eigenvalue weighted by atomic mass is 10.1. The van der Waals surface area contributed by atoms with Gasteiger partial charge in [0, 0.05) is 19.4 Å². The van der Waals surface area contributed by atoms with E-state index < -0.39 is 45.1 Å². The Balaban J connectivity index is 2.26. The van der Waals surface area contributed by atoms with Crippen LogP contribution >= 0.6 is 7.82 Å². The monoisotopic (exact) mass is 644 g/mol. The Morgan fingerprint density at radius 1 is 0.864 bits per heavy atom. The van der Waals surface area contributed by atoms with E-state index in [2.05, 4.69) is 22.1 Å². The van der Waals surface area contributed by atoms with Crippen LogP contribution in [0.3, 0.4) is 0 Å². The minimum absolute atomic E-state index is 0.117. The molecule has 1 aromatic carbocycles. The van der Waals surface area contributed by atoms with Crippen LogP contribution in [0, 0.1) is 0 Å². The van der Waals surface area contributed by atoms with E-state index in [4.69, 9.17) is 9.26 Å². The summed E-state index contributed by atoms with van der Waals surface area (Å²) >= 11 is 0. The van der Waals surface area contributed by atoms with Crippen molar-refractivity contribution in [1.82, 2.24) is 10.6 Å². The average molecular weight is 645 g/mol. The summed E-state index contributed by atoms with van der Waals surface area (Å²) in [6, 6.07) is 6.05. The van der Waals surface area contributed by atoms with Gasteiger partial charge in [0.05, 0.1) is 25.9 Å². The first kappa shape index (κ1) is 39.5. The molecule has 1 rings (SSSR count). The summed E-state index contributed by atoms with van der Waals surface area (Å²) in [5.41, 5.74) is 0.938. The number of unbranched alkanes of at least 4 members (excludes halogenated alkanes) is 9. The minimum atomic E-state index is -4.73. The Bertz CT molecular complexity index is 1010. The van der Waals surface area contributed by atoms with Gasteiger partial charge in [0.15, 0.2) is 6.04 Å². The predicted octanol–water partition coefficient (Wildman–Crippen LogP) is 4.90. The number of hydrogen-bond acceptors (Lipinski definition) is 8. The largest absolute Gasteiger partial charge is 0.494 e. The number of ether oxygens (including phenoxy) is 1. The average Bonchev–Trinajstić information content (AvgIpc) is 3.00. The number of carboxylic acids is 1. The van der Waals surface area contributed by atoms with Crippen molar-refractivity contribution >= 4 is 25.6 Å². The molecule has 0 radical (unpaired) electrons. The third-order valence-electron chi connectivity index (χ3n) is 6.82. The summed E-state index contributed by atoms with van der Waals surface area (Å²) in [5, 5.41) is 24.0. The highest BCUT2D eigenvalue weighted by molar-refractivity contribution is 7.47. The number of aryl methyl sites for hydroxylation is 1. The second kappa shape index (κ2) is 23.8. The van der Waals surface area contributed by atoms with E-state index in [1.165, 1.54) is 44.9 Å². The Morgan fingerprint density at radius 3 is 2.16 bits per heavy atom. The van der Waals surface area contributed by atoms with Crippen molar-refractivity contribution in [3.05, 3.63) is 29.8 Å². The fourth-order valence-electron chi connectivity index (χ4n) is 4.20. The number of aliphatic hydroxyl groups excluding tert-OH is 1. The van der Waals surface area contributed by atoms with E-state index in [-0.39, 0.29) is 25.3 Å². The van der Waals surface area contributed by atoms with Crippen LogP contribution in [0.2, 0.25) is 0 Å². The summed E-state index contributed by atoms with van der Waals surface area (Å²) in [4.78, 5) is 45.2. The lowest BCUT2D eigenvalue weighted by Gasteiger charge is -2.18. The zero-order chi connectivity index (χ0) is 32.6. The Labute approximate surface area is 261 Å². The van der Waals surface area contributed by atoms with Crippen LogP contribution in [0.5, 0.6) is 5.75 Å². The Morgan fingerprint density at radius 2 is 1.50 bits per heavy atom. The number of rotatable bonds is 27. The van der Waals surface area contributed by atoms with Gasteiger partial charge in [-0.15, -0.1) is 0 Å². The summed E-state index contributed by atoms with van der Waals surface area (Å²) in [5.74, 6) is -1.52. The van der Waals surface area contributed by atoms with E-state index >= 15 is 0 Å². The van der Waals surface area contributed by atoms with Crippen LogP contribution in [-0.2, 0) is 34.4 Å². The molecule has 0 heterocycles. The fraction of sp³-hybridized carbons (Fsp3) is 0.710. The first-order chi connectivity index (χ1) is 21.1. The second-order valence-corrected chi connectivity index (χ2v) is 12.4. The van der Waals surface area contributed by atoms with Gasteiger partial charge >= 0.3 is 13.8 Å². The van der Waals surface area contributed by atoms with Crippen LogP contribution in [0.1, 0.15) is 103 Å². The highest BCUT2D eigenvalue weighted by atomic mass is 31.2. The van der Waals surface area contributed by atoms with Gasteiger partial charge in [-0.2, -0.15) is 0 Å². The third-order valence-corrected chi connectivity index (χ3v) is 7.77. The lowest BCUT2D eigenvalue weighted by Crippen LogP contribution is -2.43. The van der Waals surface area contributed by atoms with Crippen molar-refractivity contribution in [2.75, 3.05) is 26.4 Å². The van der Waals surface area contributed by atoms with Crippen molar-refractivity contribution in [3.63, 3.8) is 0 Å². The molecule has 44 heavy (non-hydrogen) atoms. The summed E-state index contributed by atoms with van der Waals surface area (Å²) in [7, 11) is -4.73. The van der Waals surface area contributed by atoms with Crippen molar-refractivity contribution in [3.8, 4) is 5.75 Å². The first-order valence-corrected chi connectivity index (χ1v) is 17.4. The maximum atomic E-state index is 12.3. The second-order valence-electron chi connectivity index (χ2n) is 10.9. The highest BCUT2D eigenvalue weighted by Gasteiger charge is 2.28. The maximum Gasteiger partial charge on any atom is 0.472 e. The quantitative estimate of drug-likeness (QED) is 0.0653. The molecule has 252 valence electrons. The number of amides is 2. The van der Waals surface area contributed by atoms with Crippen molar-refractivity contribution in [2.24, 2.45) is 0 Å². The number of nitrogens with one attached hydrogen (secondary N) is 2.